The average molecular weight is 662 g/mol. The van der Waals surface area contributed by atoms with Crippen LogP contribution in [-0.2, 0) is 28.7 Å². The number of nitrogens with one attached hydrogen (secondary N) is 1. The van der Waals surface area contributed by atoms with E-state index in [0.29, 0.717) is 29.1 Å². The van der Waals surface area contributed by atoms with E-state index in [1.54, 1.807) is 37.3 Å². The van der Waals surface area contributed by atoms with E-state index in [1.807, 2.05) is 56.3 Å². The largest absolute Gasteiger partial charge is 0.455 e. The Balaban J connectivity index is 1.49. The van der Waals surface area contributed by atoms with E-state index in [0.717, 1.165) is 5.56 Å². The molecule has 0 aliphatic carbocycles. The van der Waals surface area contributed by atoms with Gasteiger partial charge in [-0.1, -0.05) is 85.3 Å². The molecule has 2 aromatic carbocycles. The summed E-state index contributed by atoms with van der Waals surface area (Å²) in [4.78, 5) is 59.7. The van der Waals surface area contributed by atoms with Crippen molar-refractivity contribution in [1.82, 2.24) is 10.2 Å². The molecule has 11 heteroatoms. The number of anilines is 1. The van der Waals surface area contributed by atoms with Gasteiger partial charge in [-0.15, -0.1) is 0 Å². The molecule has 4 heterocycles. The molecule has 2 fully saturated rings. The molecule has 2 saturated heterocycles. The summed E-state index contributed by atoms with van der Waals surface area (Å²) in [7, 11) is 0. The molecular formula is C36H40ClN3O7. The number of likely N-dealkylation sites (tertiary alicyclic amines) is 1. The zero-order valence-corrected chi connectivity index (χ0v) is 27.4. The van der Waals surface area contributed by atoms with Crippen LogP contribution in [0.2, 0.25) is 5.02 Å². The number of halogens is 1. The highest BCUT2D eigenvalue weighted by Gasteiger charge is 2.74. The molecule has 2 aromatic rings. The molecule has 0 saturated carbocycles. The van der Waals surface area contributed by atoms with Crippen LogP contribution in [0.5, 0.6) is 0 Å². The number of aliphatic hydroxyl groups is 1. The predicted molar refractivity (Wildman–Crippen MR) is 175 cm³/mol. The Morgan fingerprint density at radius 1 is 1.06 bits per heavy atom. The minimum atomic E-state index is -1.47. The van der Waals surface area contributed by atoms with Crippen molar-refractivity contribution in [3.05, 3.63) is 89.0 Å². The summed E-state index contributed by atoms with van der Waals surface area (Å²) in [6, 6.07) is 12.0. The average Bonchev–Trinajstić information content (AvgIpc) is 3.70. The molecule has 2 N–H and O–H groups in total. The van der Waals surface area contributed by atoms with Gasteiger partial charge in [0.1, 0.15) is 23.7 Å². The second-order valence-corrected chi connectivity index (χ2v) is 13.1. The number of ether oxygens (including phenoxy) is 2. The predicted octanol–water partition coefficient (Wildman–Crippen LogP) is 4.04. The third-order valence-corrected chi connectivity index (χ3v) is 10.1. The van der Waals surface area contributed by atoms with Crippen LogP contribution in [0.1, 0.15) is 50.3 Å². The Bertz CT molecular complexity index is 1590. The lowest BCUT2D eigenvalue weighted by molar-refractivity contribution is -0.161. The Morgan fingerprint density at radius 2 is 1.83 bits per heavy atom. The van der Waals surface area contributed by atoms with E-state index < -0.39 is 65.6 Å². The number of rotatable bonds is 5. The zero-order chi connectivity index (χ0) is 33.5. The molecule has 1 spiro atoms. The Labute approximate surface area is 279 Å². The van der Waals surface area contributed by atoms with Gasteiger partial charge < -0.3 is 29.7 Å². The van der Waals surface area contributed by atoms with Gasteiger partial charge in [0.15, 0.2) is 0 Å². The van der Waals surface area contributed by atoms with E-state index in [2.05, 4.69) is 5.32 Å². The molecule has 0 unspecified atom stereocenters. The fourth-order valence-electron chi connectivity index (χ4n) is 7.59. The molecule has 0 radical (unpaired) electrons. The molecule has 4 aliphatic rings. The summed E-state index contributed by atoms with van der Waals surface area (Å²) in [6.45, 7) is 5.18. The second-order valence-electron chi connectivity index (χ2n) is 12.7. The Morgan fingerprint density at radius 3 is 2.53 bits per heavy atom. The fourth-order valence-corrected chi connectivity index (χ4v) is 7.91. The van der Waals surface area contributed by atoms with Crippen molar-refractivity contribution in [1.29, 1.82) is 0 Å². The first-order valence-corrected chi connectivity index (χ1v) is 16.6. The molecule has 6 rings (SSSR count). The molecule has 0 aromatic heterocycles. The Kier molecular flexibility index (Phi) is 9.29. The molecule has 8 atom stereocenters. The molecular weight excluding hydrogens is 622 g/mol. The van der Waals surface area contributed by atoms with Crippen molar-refractivity contribution in [3.63, 3.8) is 0 Å². The number of carbonyl (C=O) groups excluding carboxylic acids is 4. The van der Waals surface area contributed by atoms with Gasteiger partial charge in [0, 0.05) is 13.0 Å². The Hall–Kier alpha value is -3.99. The zero-order valence-electron chi connectivity index (χ0n) is 26.7. The number of hydrogen-bond donors (Lipinski definition) is 2. The maximum Gasteiger partial charge on any atom is 0.313 e. The summed E-state index contributed by atoms with van der Waals surface area (Å²) >= 11 is 6.72. The lowest BCUT2D eigenvalue weighted by Gasteiger charge is -2.39. The number of hydrogen-bond acceptors (Lipinski definition) is 7. The number of nitrogens with zero attached hydrogens (tertiary/aromatic N) is 2. The third-order valence-electron chi connectivity index (χ3n) is 9.82. The topological polar surface area (TPSA) is 125 Å². The van der Waals surface area contributed by atoms with Crippen LogP contribution < -0.4 is 10.2 Å². The number of esters is 1. The number of fused-ring (bicyclic) bond motifs is 2. The maximum atomic E-state index is 15.0. The smallest absolute Gasteiger partial charge is 0.313 e. The summed E-state index contributed by atoms with van der Waals surface area (Å²) in [6.07, 6.45) is 6.39. The van der Waals surface area contributed by atoms with Gasteiger partial charge >= 0.3 is 5.97 Å². The van der Waals surface area contributed by atoms with Crippen LogP contribution in [0.25, 0.3) is 0 Å². The SMILES string of the molecule is CC[C@@H](CO)N1C(=O)[C@H]2[C@@H]3C(=O)O[C@H](c4ccccc4)[C@@H](C)NC(=O)CC/C=C\CN(c4c(C)cccc4Cl)C(=O)[C@H]1[C@@]21C=C[C@@H]3O1. The van der Waals surface area contributed by atoms with Crippen LogP contribution in [-0.4, -0.2) is 76.7 Å². The van der Waals surface area contributed by atoms with E-state index >= 15 is 0 Å². The molecule has 5 bridgehead atoms. The summed E-state index contributed by atoms with van der Waals surface area (Å²) < 4.78 is 12.7. The van der Waals surface area contributed by atoms with E-state index in [9.17, 15) is 24.3 Å². The lowest BCUT2D eigenvalue weighted by Crippen LogP contribution is -2.58. The maximum absolute atomic E-state index is 15.0. The summed E-state index contributed by atoms with van der Waals surface area (Å²) in [5.41, 5.74) is 0.442. The summed E-state index contributed by atoms with van der Waals surface area (Å²) in [5, 5.41) is 13.8. The standard InChI is InChI=1S/C36H40ClN3O7/c1-4-24(20-41)40-32-34(44)39(30-21(2)12-11-15-25(30)37)19-10-6-9-16-27(42)38-22(3)31(23-13-7-5-8-14-23)46-35(45)28-26-17-18-36(32,47-26)29(28)33(40)43/h5-8,10-15,17-18,22,24,26,28-29,31-32,41H,4,9,16,19-20H2,1-3H3,(H,38,42)/b10-6-/t22-,24+,26+,28-,29-,31+,32+,36-/m1/s1. The van der Waals surface area contributed by atoms with Gasteiger partial charge in [-0.3, -0.25) is 19.2 Å². The van der Waals surface area contributed by atoms with Gasteiger partial charge in [-0.2, -0.15) is 0 Å². The van der Waals surface area contributed by atoms with Crippen molar-refractivity contribution < 1.29 is 33.8 Å². The highest BCUT2D eigenvalue weighted by molar-refractivity contribution is 6.34. The number of amides is 3. The number of cyclic esters (lactones) is 1. The van der Waals surface area contributed by atoms with Crippen molar-refractivity contribution in [2.75, 3.05) is 18.1 Å². The van der Waals surface area contributed by atoms with Crippen molar-refractivity contribution in [3.8, 4) is 0 Å². The molecule has 4 aliphatic heterocycles. The monoisotopic (exact) mass is 661 g/mol. The molecule has 3 amide bonds. The fraction of sp³-hybridized carbons (Fsp3) is 0.444. The normalized spacial score (nSPS) is 32.3. The van der Waals surface area contributed by atoms with E-state index in [-0.39, 0.29) is 25.5 Å². The minimum absolute atomic E-state index is 0.102. The van der Waals surface area contributed by atoms with Crippen LogP contribution in [0.3, 0.4) is 0 Å². The number of para-hydroxylation sites is 1. The van der Waals surface area contributed by atoms with Crippen LogP contribution in [0.4, 0.5) is 5.69 Å². The highest BCUT2D eigenvalue weighted by Crippen LogP contribution is 2.56. The van der Waals surface area contributed by atoms with Crippen LogP contribution in [0.15, 0.2) is 72.8 Å². The van der Waals surface area contributed by atoms with E-state index in [4.69, 9.17) is 21.1 Å². The number of aryl methyl sites for hydroxylation is 1. The highest BCUT2D eigenvalue weighted by atomic mass is 35.5. The van der Waals surface area contributed by atoms with Crippen LogP contribution in [0, 0.1) is 18.8 Å². The molecule has 248 valence electrons. The van der Waals surface area contributed by atoms with Crippen molar-refractivity contribution >= 4 is 41.0 Å². The number of aliphatic hydroxyl groups excluding tert-OH is 1. The first-order valence-electron chi connectivity index (χ1n) is 16.2. The number of allylic oxidation sites excluding steroid dienone is 1. The van der Waals surface area contributed by atoms with Gasteiger partial charge in [0.2, 0.25) is 11.8 Å². The number of benzene rings is 2. The van der Waals surface area contributed by atoms with E-state index in [1.165, 1.54) is 9.80 Å². The first-order chi connectivity index (χ1) is 22.6. The van der Waals surface area contributed by atoms with Crippen molar-refractivity contribution in [2.24, 2.45) is 11.8 Å². The van der Waals surface area contributed by atoms with Gasteiger partial charge in [-0.05, 0) is 43.9 Å². The van der Waals surface area contributed by atoms with Gasteiger partial charge in [0.25, 0.3) is 5.91 Å². The quantitative estimate of drug-likeness (QED) is 0.366. The van der Waals surface area contributed by atoms with Gasteiger partial charge in [-0.25, -0.2) is 0 Å². The minimum Gasteiger partial charge on any atom is -0.455 e. The summed E-state index contributed by atoms with van der Waals surface area (Å²) in [5.74, 6) is -3.91. The molecule has 47 heavy (non-hydrogen) atoms. The lowest BCUT2D eigenvalue weighted by atomic mass is 9.74. The number of carbonyl (C=O) groups is 4. The molecule has 10 nitrogen and oxygen atoms in total. The third kappa shape index (κ3) is 5.66. The van der Waals surface area contributed by atoms with Crippen LogP contribution >= 0.6 is 11.6 Å². The van der Waals surface area contributed by atoms with Gasteiger partial charge in [0.05, 0.1) is 41.4 Å². The van der Waals surface area contributed by atoms with Crippen molar-refractivity contribution in [2.45, 2.75) is 76.0 Å². The first kappa shape index (κ1) is 32.9. The second kappa shape index (κ2) is 13.3.